The van der Waals surface area contributed by atoms with Crippen LogP contribution in [0.3, 0.4) is 0 Å². The second-order valence-electron chi connectivity index (χ2n) is 10.4. The summed E-state index contributed by atoms with van der Waals surface area (Å²) in [7, 11) is -1.13. The summed E-state index contributed by atoms with van der Waals surface area (Å²) in [6.45, 7) is 10.7. The molecule has 0 aliphatic heterocycles. The minimum absolute atomic E-state index is 0.309. The number of rotatable bonds is 6. The van der Waals surface area contributed by atoms with Crippen molar-refractivity contribution in [3.05, 3.63) is 33.7 Å². The number of halogens is 2. The Morgan fingerprint density at radius 2 is 2.17 bits per heavy atom. The maximum absolute atomic E-state index is 14.4. The Morgan fingerprint density at radius 1 is 1.37 bits per heavy atom. The van der Waals surface area contributed by atoms with Crippen LogP contribution in [-0.4, -0.2) is 34.4 Å². The van der Waals surface area contributed by atoms with Crippen LogP contribution < -0.4 is 0 Å². The van der Waals surface area contributed by atoms with Gasteiger partial charge in [0.25, 0.3) is 0 Å². The van der Waals surface area contributed by atoms with Crippen LogP contribution >= 0.6 is 15.9 Å². The van der Waals surface area contributed by atoms with Gasteiger partial charge in [-0.1, -0.05) is 42.5 Å². The molecule has 2 aromatic heterocycles. The number of aromatic amines is 1. The quantitative estimate of drug-likeness (QED) is 0.352. The monoisotopic (exact) mass is 490 g/mol. The second kappa shape index (κ2) is 7.00. The Labute approximate surface area is 185 Å². The molecule has 0 radical (unpaired) electrons. The van der Waals surface area contributed by atoms with E-state index in [1.54, 1.807) is 0 Å². The van der Waals surface area contributed by atoms with Crippen LogP contribution in [0, 0.1) is 17.2 Å². The van der Waals surface area contributed by atoms with Gasteiger partial charge in [-0.25, -0.2) is 14.1 Å². The zero-order chi connectivity index (χ0) is 21.3. The summed E-state index contributed by atoms with van der Waals surface area (Å²) in [5, 5.41) is 4.90. The molecule has 5 nitrogen and oxygen atoms in total. The molecular formula is C22H28BrFN4OSi. The minimum Gasteiger partial charge on any atom is -0.360 e. The molecule has 0 bridgehead atoms. The van der Waals surface area contributed by atoms with E-state index >= 15 is 0 Å². The molecule has 5 rings (SSSR count). The van der Waals surface area contributed by atoms with Gasteiger partial charge in [0.15, 0.2) is 5.82 Å². The lowest BCUT2D eigenvalue weighted by atomic mass is 9.87. The Balaban J connectivity index is 1.49. The molecule has 0 saturated heterocycles. The Bertz CT molecular complexity index is 1130. The van der Waals surface area contributed by atoms with Gasteiger partial charge in [0, 0.05) is 30.4 Å². The molecule has 0 unspecified atom stereocenters. The Morgan fingerprint density at radius 3 is 2.93 bits per heavy atom. The maximum atomic E-state index is 14.4. The first-order chi connectivity index (χ1) is 14.1. The third kappa shape index (κ3) is 3.67. The second-order valence-corrected chi connectivity index (χ2v) is 17.0. The number of hydrogen-bond acceptors (Lipinski definition) is 3. The first-order valence-electron chi connectivity index (χ1n) is 10.6. The largest absolute Gasteiger partial charge is 0.360 e. The van der Waals surface area contributed by atoms with E-state index in [-0.39, 0.29) is 5.82 Å². The van der Waals surface area contributed by atoms with Crippen molar-refractivity contribution in [1.82, 2.24) is 19.7 Å². The van der Waals surface area contributed by atoms with Crippen molar-refractivity contribution in [3.63, 3.8) is 0 Å². The minimum atomic E-state index is -1.13. The molecule has 30 heavy (non-hydrogen) atoms. The average molecular weight is 491 g/mol. The number of H-pyrrole nitrogens is 1. The van der Waals surface area contributed by atoms with Gasteiger partial charge in [-0.2, -0.15) is 5.10 Å². The molecule has 3 aromatic rings. The third-order valence-corrected chi connectivity index (χ3v) is 8.83. The first-order valence-corrected chi connectivity index (χ1v) is 15.1. The van der Waals surface area contributed by atoms with E-state index in [0.29, 0.717) is 39.4 Å². The van der Waals surface area contributed by atoms with E-state index in [0.717, 1.165) is 31.2 Å². The lowest BCUT2D eigenvalue weighted by molar-refractivity contribution is 0.0757. The van der Waals surface area contributed by atoms with Crippen molar-refractivity contribution < 1.29 is 9.13 Å². The molecule has 0 amide bonds. The fraction of sp³-hybridized carbons (Fsp3) is 0.545. The number of benzene rings is 1. The van der Waals surface area contributed by atoms with Gasteiger partial charge in [-0.05, 0) is 48.8 Å². The number of imidazole rings is 1. The molecule has 160 valence electrons. The van der Waals surface area contributed by atoms with Gasteiger partial charge < -0.3 is 9.72 Å². The van der Waals surface area contributed by atoms with Crippen LogP contribution in [0.1, 0.15) is 24.6 Å². The van der Waals surface area contributed by atoms with E-state index in [1.807, 2.05) is 10.7 Å². The average Bonchev–Trinajstić information content (AvgIpc) is 2.95. The SMILES string of the molecule is C[C@@]12Cc3c(c(-c4nc5cc(Br)cc(F)c5[nH]4)nn3COCC[Si](C)(C)C)C[C@@H]1C2. The number of nitrogens with zero attached hydrogens (tertiary/aromatic N) is 3. The van der Waals surface area contributed by atoms with Gasteiger partial charge in [0.05, 0.1) is 5.52 Å². The fourth-order valence-corrected chi connectivity index (χ4v) is 5.77. The summed E-state index contributed by atoms with van der Waals surface area (Å²) in [5.41, 5.74) is 4.79. The highest BCUT2D eigenvalue weighted by molar-refractivity contribution is 9.10. The van der Waals surface area contributed by atoms with E-state index in [9.17, 15) is 4.39 Å². The normalized spacial score (nSPS) is 22.9. The highest BCUT2D eigenvalue weighted by Crippen LogP contribution is 2.60. The Kier molecular flexibility index (Phi) is 4.76. The first kappa shape index (κ1) is 20.4. The predicted octanol–water partition coefficient (Wildman–Crippen LogP) is 5.77. The molecule has 2 atom stereocenters. The summed E-state index contributed by atoms with van der Waals surface area (Å²) >= 11 is 3.35. The smallest absolute Gasteiger partial charge is 0.159 e. The van der Waals surface area contributed by atoms with Gasteiger partial charge in [-0.15, -0.1) is 0 Å². The summed E-state index contributed by atoms with van der Waals surface area (Å²) in [6, 6.07) is 4.43. The van der Waals surface area contributed by atoms with Crippen LogP contribution in [0.5, 0.6) is 0 Å². The number of ether oxygens (including phenoxy) is 1. The Hall–Kier alpha value is -1.51. The highest BCUT2D eigenvalue weighted by atomic mass is 79.9. The van der Waals surface area contributed by atoms with Crippen LogP contribution in [-0.2, 0) is 24.3 Å². The standard InChI is InChI=1S/C22H28BrFN4OSi/c1-22-10-13(22)7-15-18(11-22)28(12-29-5-6-30(2,3)4)27-19(15)21-25-17-9-14(23)8-16(24)20(17)26-21/h8-9,13H,5-7,10-12H2,1-4H3,(H,25,26)/t13-,22-/m1/s1. The van der Waals surface area contributed by atoms with Crippen molar-refractivity contribution >= 4 is 35.0 Å². The lowest BCUT2D eigenvalue weighted by Gasteiger charge is -2.20. The highest BCUT2D eigenvalue weighted by Gasteiger charge is 2.54. The van der Waals surface area contributed by atoms with Gasteiger partial charge >= 0.3 is 0 Å². The summed E-state index contributed by atoms with van der Waals surface area (Å²) in [6.07, 6.45) is 3.30. The van der Waals surface area contributed by atoms with Gasteiger partial charge in [-0.3, -0.25) is 0 Å². The molecule has 1 N–H and O–H groups in total. The van der Waals surface area contributed by atoms with Crippen LogP contribution in [0.4, 0.5) is 4.39 Å². The van der Waals surface area contributed by atoms with E-state index in [2.05, 4.69) is 52.5 Å². The number of fused-ring (bicyclic) bond motifs is 3. The lowest BCUT2D eigenvalue weighted by Crippen LogP contribution is -2.23. The molecule has 2 aliphatic carbocycles. The molecule has 1 fully saturated rings. The maximum Gasteiger partial charge on any atom is 0.159 e. The van der Waals surface area contributed by atoms with E-state index < -0.39 is 8.07 Å². The summed E-state index contributed by atoms with van der Waals surface area (Å²) in [4.78, 5) is 7.85. The fourth-order valence-electron chi connectivity index (χ4n) is 4.59. The molecule has 1 aromatic carbocycles. The molecule has 0 spiro atoms. The number of nitrogens with one attached hydrogen (secondary N) is 1. The topological polar surface area (TPSA) is 55.7 Å². The van der Waals surface area contributed by atoms with Crippen molar-refractivity contribution in [2.45, 2.75) is 58.6 Å². The van der Waals surface area contributed by atoms with Crippen molar-refractivity contribution in [3.8, 4) is 11.5 Å². The summed E-state index contributed by atoms with van der Waals surface area (Å²) in [5.74, 6) is 1.05. The number of hydrogen-bond donors (Lipinski definition) is 1. The van der Waals surface area contributed by atoms with Crippen LogP contribution in [0.25, 0.3) is 22.6 Å². The van der Waals surface area contributed by atoms with Crippen LogP contribution in [0.15, 0.2) is 16.6 Å². The van der Waals surface area contributed by atoms with Crippen molar-refractivity contribution in [1.29, 1.82) is 0 Å². The molecular weight excluding hydrogens is 463 g/mol. The van der Waals surface area contributed by atoms with Crippen molar-refractivity contribution in [2.75, 3.05) is 6.61 Å². The zero-order valence-corrected chi connectivity index (χ0v) is 20.6. The third-order valence-electron chi connectivity index (χ3n) is 6.67. The van der Waals surface area contributed by atoms with Gasteiger partial charge in [0.2, 0.25) is 0 Å². The van der Waals surface area contributed by atoms with E-state index in [1.165, 1.54) is 23.7 Å². The van der Waals surface area contributed by atoms with E-state index in [4.69, 9.17) is 9.84 Å². The molecule has 1 saturated carbocycles. The predicted molar refractivity (Wildman–Crippen MR) is 123 cm³/mol. The van der Waals surface area contributed by atoms with Gasteiger partial charge in [0.1, 0.15) is 23.8 Å². The van der Waals surface area contributed by atoms with Crippen LogP contribution in [0.2, 0.25) is 25.7 Å². The number of aromatic nitrogens is 4. The molecule has 2 aliphatic rings. The molecule has 2 heterocycles. The zero-order valence-electron chi connectivity index (χ0n) is 18.0. The molecule has 8 heteroatoms. The summed E-state index contributed by atoms with van der Waals surface area (Å²) < 4.78 is 23.1. The van der Waals surface area contributed by atoms with Crippen molar-refractivity contribution in [2.24, 2.45) is 11.3 Å².